The third-order valence-electron chi connectivity index (χ3n) is 4.62. The van der Waals surface area contributed by atoms with Crippen molar-refractivity contribution in [1.82, 2.24) is 9.55 Å². The molecular weight excluding hydrogens is 468 g/mol. The molecule has 8 heteroatoms. The number of nitrogens with one attached hydrogen (secondary N) is 2. The standard InChI is InChI=1S/C22H18BrClN4O2/c1-30-20-6-5-15(24)12-18(20)27-22(29)26-17-3-2-4-19-16(17)8-10-28(19)13-14-7-9-25-21(23)11-14/h2-12H,13H2,1H3,(H2,26,27,29). The summed E-state index contributed by atoms with van der Waals surface area (Å²) in [6.45, 7) is 0.694. The van der Waals surface area contributed by atoms with Crippen LogP contribution in [0.2, 0.25) is 5.02 Å². The molecule has 0 spiro atoms. The molecule has 2 aromatic carbocycles. The first kappa shape index (κ1) is 20.3. The predicted octanol–water partition coefficient (Wildman–Crippen LogP) is 6.15. The van der Waals surface area contributed by atoms with Gasteiger partial charge in [0.2, 0.25) is 0 Å². The first-order chi connectivity index (χ1) is 14.5. The maximum Gasteiger partial charge on any atom is 0.323 e. The maximum absolute atomic E-state index is 12.6. The summed E-state index contributed by atoms with van der Waals surface area (Å²) in [5.74, 6) is 0.530. The number of rotatable bonds is 5. The second-order valence-corrected chi connectivity index (χ2v) is 7.84. The fourth-order valence-corrected chi connectivity index (χ4v) is 3.85. The van der Waals surface area contributed by atoms with Crippen LogP contribution in [0.3, 0.4) is 0 Å². The zero-order valence-corrected chi connectivity index (χ0v) is 18.4. The molecule has 0 aliphatic rings. The van der Waals surface area contributed by atoms with Gasteiger partial charge >= 0.3 is 6.03 Å². The van der Waals surface area contributed by atoms with Crippen molar-refractivity contribution < 1.29 is 9.53 Å². The van der Waals surface area contributed by atoms with E-state index < -0.39 is 0 Å². The zero-order chi connectivity index (χ0) is 21.1. The van der Waals surface area contributed by atoms with E-state index in [9.17, 15) is 4.79 Å². The Morgan fingerprint density at radius 1 is 1.13 bits per heavy atom. The topological polar surface area (TPSA) is 68.2 Å². The number of methoxy groups -OCH3 is 1. The van der Waals surface area contributed by atoms with Crippen LogP contribution >= 0.6 is 27.5 Å². The highest BCUT2D eigenvalue weighted by atomic mass is 79.9. The third kappa shape index (κ3) is 4.42. The Labute approximate surface area is 187 Å². The molecule has 2 heterocycles. The van der Waals surface area contributed by atoms with E-state index in [1.165, 1.54) is 7.11 Å². The van der Waals surface area contributed by atoms with Gasteiger partial charge in [-0.1, -0.05) is 17.7 Å². The summed E-state index contributed by atoms with van der Waals surface area (Å²) >= 11 is 9.44. The fraction of sp³-hybridized carbons (Fsp3) is 0.0909. The van der Waals surface area contributed by atoms with Gasteiger partial charge in [0.1, 0.15) is 10.4 Å². The number of carbonyl (C=O) groups excluding carboxylic acids is 1. The Kier molecular flexibility index (Phi) is 5.92. The predicted molar refractivity (Wildman–Crippen MR) is 124 cm³/mol. The molecule has 4 rings (SSSR count). The molecule has 2 N–H and O–H groups in total. The van der Waals surface area contributed by atoms with Gasteiger partial charge in [-0.15, -0.1) is 0 Å². The van der Waals surface area contributed by atoms with E-state index in [-0.39, 0.29) is 6.03 Å². The molecule has 4 aromatic rings. The minimum absolute atomic E-state index is 0.381. The molecule has 30 heavy (non-hydrogen) atoms. The maximum atomic E-state index is 12.6. The lowest BCUT2D eigenvalue weighted by Gasteiger charge is -2.12. The van der Waals surface area contributed by atoms with Gasteiger partial charge in [-0.25, -0.2) is 9.78 Å². The van der Waals surface area contributed by atoms with Crippen molar-refractivity contribution in [2.24, 2.45) is 0 Å². The monoisotopic (exact) mass is 484 g/mol. The summed E-state index contributed by atoms with van der Waals surface area (Å²) in [6.07, 6.45) is 3.77. The average molecular weight is 486 g/mol. The summed E-state index contributed by atoms with van der Waals surface area (Å²) in [5.41, 5.74) is 3.34. The van der Waals surface area contributed by atoms with E-state index >= 15 is 0 Å². The molecule has 2 aromatic heterocycles. The van der Waals surface area contributed by atoms with Crippen LogP contribution in [0.5, 0.6) is 5.75 Å². The van der Waals surface area contributed by atoms with Gasteiger partial charge in [-0.05, 0) is 70.0 Å². The van der Waals surface area contributed by atoms with Crippen LogP contribution in [-0.4, -0.2) is 22.7 Å². The summed E-state index contributed by atoms with van der Waals surface area (Å²) in [4.78, 5) is 16.8. The average Bonchev–Trinajstić information content (AvgIpc) is 3.12. The van der Waals surface area contributed by atoms with Crippen LogP contribution in [0.15, 0.2) is 71.6 Å². The van der Waals surface area contributed by atoms with Crippen molar-refractivity contribution in [2.75, 3.05) is 17.7 Å². The van der Waals surface area contributed by atoms with E-state index in [0.29, 0.717) is 28.7 Å². The molecule has 0 bridgehead atoms. The number of fused-ring (bicyclic) bond motifs is 1. The number of nitrogens with zero attached hydrogens (tertiary/aromatic N) is 2. The quantitative estimate of drug-likeness (QED) is 0.333. The van der Waals surface area contributed by atoms with Crippen LogP contribution in [0, 0.1) is 0 Å². The van der Waals surface area contributed by atoms with Gasteiger partial charge in [0.25, 0.3) is 0 Å². The second kappa shape index (κ2) is 8.77. The van der Waals surface area contributed by atoms with Crippen molar-refractivity contribution in [3.63, 3.8) is 0 Å². The fourth-order valence-electron chi connectivity index (χ4n) is 3.26. The van der Waals surface area contributed by atoms with E-state index in [2.05, 4.69) is 36.1 Å². The lowest BCUT2D eigenvalue weighted by atomic mass is 10.2. The Hall–Kier alpha value is -3.03. The largest absolute Gasteiger partial charge is 0.495 e. The third-order valence-corrected chi connectivity index (χ3v) is 5.28. The number of ether oxygens (including phenoxy) is 1. The van der Waals surface area contributed by atoms with Crippen LogP contribution in [0.4, 0.5) is 16.2 Å². The molecule has 152 valence electrons. The lowest BCUT2D eigenvalue weighted by molar-refractivity contribution is 0.262. The van der Waals surface area contributed by atoms with Crippen molar-refractivity contribution in [2.45, 2.75) is 6.54 Å². The molecule has 0 fully saturated rings. The van der Waals surface area contributed by atoms with Crippen LogP contribution in [0.1, 0.15) is 5.56 Å². The van der Waals surface area contributed by atoms with Crippen molar-refractivity contribution in [3.8, 4) is 5.75 Å². The van der Waals surface area contributed by atoms with Crippen molar-refractivity contribution in [1.29, 1.82) is 0 Å². The highest BCUT2D eigenvalue weighted by molar-refractivity contribution is 9.10. The van der Waals surface area contributed by atoms with Crippen LogP contribution < -0.4 is 15.4 Å². The normalized spacial score (nSPS) is 10.8. The van der Waals surface area contributed by atoms with Gasteiger partial charge in [0, 0.05) is 29.3 Å². The Morgan fingerprint density at radius 2 is 1.97 bits per heavy atom. The number of anilines is 2. The number of urea groups is 1. The molecule has 0 unspecified atom stereocenters. The number of benzene rings is 2. The van der Waals surface area contributed by atoms with Gasteiger partial charge in [-0.3, -0.25) is 0 Å². The molecule has 0 saturated heterocycles. The van der Waals surface area contributed by atoms with E-state index in [0.717, 1.165) is 21.1 Å². The number of halogens is 2. The number of carbonyl (C=O) groups is 1. The zero-order valence-electron chi connectivity index (χ0n) is 16.0. The number of aromatic nitrogens is 2. The SMILES string of the molecule is COc1ccc(Cl)cc1NC(=O)Nc1cccc2c1ccn2Cc1ccnc(Br)c1. The summed E-state index contributed by atoms with van der Waals surface area (Å²) in [6, 6.07) is 16.4. The molecular formula is C22H18BrClN4O2. The first-order valence-corrected chi connectivity index (χ1v) is 10.3. The first-order valence-electron chi connectivity index (χ1n) is 9.13. The molecule has 2 amide bonds. The lowest BCUT2D eigenvalue weighted by Crippen LogP contribution is -2.20. The van der Waals surface area contributed by atoms with Gasteiger partial charge < -0.3 is 19.9 Å². The van der Waals surface area contributed by atoms with Gasteiger partial charge in [0.05, 0.1) is 24.0 Å². The number of hydrogen-bond donors (Lipinski definition) is 2. The summed E-state index contributed by atoms with van der Waals surface area (Å²) in [7, 11) is 1.54. The summed E-state index contributed by atoms with van der Waals surface area (Å²) < 4.78 is 8.20. The molecule has 0 saturated carbocycles. The van der Waals surface area contributed by atoms with E-state index in [4.69, 9.17) is 16.3 Å². The molecule has 6 nitrogen and oxygen atoms in total. The van der Waals surface area contributed by atoms with Gasteiger partial charge in [-0.2, -0.15) is 0 Å². The molecule has 0 aliphatic heterocycles. The highest BCUT2D eigenvalue weighted by Gasteiger charge is 2.12. The van der Waals surface area contributed by atoms with E-state index in [1.807, 2.05) is 42.6 Å². The minimum Gasteiger partial charge on any atom is -0.495 e. The Balaban J connectivity index is 1.56. The molecule has 0 atom stereocenters. The van der Waals surface area contributed by atoms with Crippen molar-refractivity contribution >= 4 is 55.8 Å². The second-order valence-electron chi connectivity index (χ2n) is 6.59. The smallest absolute Gasteiger partial charge is 0.323 e. The minimum atomic E-state index is -0.381. The Bertz CT molecular complexity index is 1220. The molecule has 0 aliphatic carbocycles. The number of pyridine rings is 1. The summed E-state index contributed by atoms with van der Waals surface area (Å²) in [5, 5.41) is 7.15. The van der Waals surface area contributed by atoms with E-state index in [1.54, 1.807) is 24.4 Å². The van der Waals surface area contributed by atoms with Crippen molar-refractivity contribution in [3.05, 3.63) is 82.2 Å². The number of amides is 2. The Morgan fingerprint density at radius 3 is 2.77 bits per heavy atom. The van der Waals surface area contributed by atoms with Gasteiger partial charge in [0.15, 0.2) is 0 Å². The number of hydrogen-bond acceptors (Lipinski definition) is 3. The molecule has 0 radical (unpaired) electrons. The van der Waals surface area contributed by atoms with Crippen LogP contribution in [0.25, 0.3) is 10.9 Å². The highest BCUT2D eigenvalue weighted by Crippen LogP contribution is 2.29. The van der Waals surface area contributed by atoms with Crippen LogP contribution in [-0.2, 0) is 6.54 Å².